The molecule has 2 aromatic rings. The fraction of sp³-hybridized carbons (Fsp3) is 0.267. The molecule has 0 spiro atoms. The topological polar surface area (TPSA) is 42.4 Å². The van der Waals surface area contributed by atoms with Gasteiger partial charge in [-0.15, -0.1) is 0 Å². The maximum Gasteiger partial charge on any atom is 0.141 e. The van der Waals surface area contributed by atoms with E-state index >= 15 is 0 Å². The summed E-state index contributed by atoms with van der Waals surface area (Å²) in [7, 11) is 1.56. The summed E-state index contributed by atoms with van der Waals surface area (Å²) in [4.78, 5) is 3.75. The van der Waals surface area contributed by atoms with Gasteiger partial charge in [0.15, 0.2) is 0 Å². The van der Waals surface area contributed by atoms with Crippen LogP contribution in [0.4, 0.5) is 4.39 Å². The van der Waals surface area contributed by atoms with E-state index in [1.165, 1.54) is 12.3 Å². The Hall–Kier alpha value is -1.94. The van der Waals surface area contributed by atoms with E-state index in [0.717, 1.165) is 17.3 Å². The van der Waals surface area contributed by atoms with Gasteiger partial charge in [-0.1, -0.05) is 12.1 Å². The first-order valence-electron chi connectivity index (χ1n) is 5.97. The van der Waals surface area contributed by atoms with Crippen LogP contribution in [0, 0.1) is 19.7 Å². The Morgan fingerprint density at radius 1 is 1.26 bits per heavy atom. The molecule has 4 heteroatoms. The summed E-state index contributed by atoms with van der Waals surface area (Å²) < 4.78 is 18.5. The van der Waals surface area contributed by atoms with Crippen LogP contribution < -0.4 is 4.74 Å². The highest BCUT2D eigenvalue weighted by molar-refractivity contribution is 5.48. The normalized spacial score (nSPS) is 12.3. The number of rotatable bonds is 3. The average Bonchev–Trinajstić information content (AvgIpc) is 2.41. The second-order valence-corrected chi connectivity index (χ2v) is 4.47. The van der Waals surface area contributed by atoms with Crippen molar-refractivity contribution >= 4 is 0 Å². The van der Waals surface area contributed by atoms with Crippen LogP contribution in [0.15, 0.2) is 30.6 Å². The average molecular weight is 261 g/mol. The van der Waals surface area contributed by atoms with Gasteiger partial charge in [-0.25, -0.2) is 4.39 Å². The molecule has 0 saturated heterocycles. The van der Waals surface area contributed by atoms with Crippen molar-refractivity contribution in [3.8, 4) is 5.75 Å². The number of benzene rings is 1. The molecule has 0 aliphatic carbocycles. The molecular formula is C15H16FNO2. The van der Waals surface area contributed by atoms with Gasteiger partial charge in [0.25, 0.3) is 0 Å². The predicted molar refractivity (Wildman–Crippen MR) is 70.7 cm³/mol. The summed E-state index contributed by atoms with van der Waals surface area (Å²) in [5.74, 6) is 0.149. The number of nitrogens with zero attached hydrogens (tertiary/aromatic N) is 1. The number of methoxy groups -OCH3 is 1. The van der Waals surface area contributed by atoms with Crippen molar-refractivity contribution in [3.05, 3.63) is 58.7 Å². The smallest absolute Gasteiger partial charge is 0.141 e. The zero-order valence-electron chi connectivity index (χ0n) is 11.1. The van der Waals surface area contributed by atoms with Gasteiger partial charge in [-0.05, 0) is 31.0 Å². The number of ether oxygens (including phenoxy) is 1. The van der Waals surface area contributed by atoms with Crippen molar-refractivity contribution in [2.24, 2.45) is 0 Å². The maximum absolute atomic E-state index is 13.2. The van der Waals surface area contributed by atoms with Crippen molar-refractivity contribution in [2.75, 3.05) is 7.11 Å². The van der Waals surface area contributed by atoms with Crippen molar-refractivity contribution in [1.82, 2.24) is 4.98 Å². The Labute approximate surface area is 111 Å². The van der Waals surface area contributed by atoms with Gasteiger partial charge < -0.3 is 9.84 Å². The van der Waals surface area contributed by atoms with Crippen molar-refractivity contribution in [1.29, 1.82) is 0 Å². The fourth-order valence-corrected chi connectivity index (χ4v) is 2.05. The molecule has 0 radical (unpaired) electrons. The number of aryl methyl sites for hydroxylation is 1. The molecule has 0 fully saturated rings. The Morgan fingerprint density at radius 3 is 2.63 bits per heavy atom. The summed E-state index contributed by atoms with van der Waals surface area (Å²) in [6, 6.07) is 4.96. The molecule has 1 N–H and O–H groups in total. The SMILES string of the molecule is COc1c(C(O)c2cncc(F)c2)ccc(C)c1C. The molecule has 0 amide bonds. The Balaban J connectivity index is 2.50. The maximum atomic E-state index is 13.2. The van der Waals surface area contributed by atoms with Crippen LogP contribution in [0.5, 0.6) is 5.75 Å². The number of pyridine rings is 1. The van der Waals surface area contributed by atoms with Crippen molar-refractivity contribution in [3.63, 3.8) is 0 Å². The van der Waals surface area contributed by atoms with Gasteiger partial charge in [0.1, 0.15) is 17.7 Å². The summed E-state index contributed by atoms with van der Waals surface area (Å²) in [6.45, 7) is 3.89. The Kier molecular flexibility index (Phi) is 3.81. The van der Waals surface area contributed by atoms with Crippen LogP contribution in [0.3, 0.4) is 0 Å². The summed E-state index contributed by atoms with van der Waals surface area (Å²) in [5, 5.41) is 10.4. The fourth-order valence-electron chi connectivity index (χ4n) is 2.05. The monoisotopic (exact) mass is 261 g/mol. The summed E-state index contributed by atoms with van der Waals surface area (Å²) in [5.41, 5.74) is 3.05. The number of aromatic nitrogens is 1. The molecule has 2 rings (SSSR count). The van der Waals surface area contributed by atoms with Crippen LogP contribution in [0.25, 0.3) is 0 Å². The molecule has 0 aliphatic heterocycles. The molecule has 0 saturated carbocycles. The number of aliphatic hydroxyl groups excluding tert-OH is 1. The minimum absolute atomic E-state index is 0.404. The zero-order valence-corrected chi connectivity index (χ0v) is 11.1. The Morgan fingerprint density at radius 2 is 2.00 bits per heavy atom. The number of hydrogen-bond acceptors (Lipinski definition) is 3. The molecule has 1 aromatic heterocycles. The molecule has 3 nitrogen and oxygen atoms in total. The third-order valence-corrected chi connectivity index (χ3v) is 3.25. The number of halogens is 1. The highest BCUT2D eigenvalue weighted by atomic mass is 19.1. The second kappa shape index (κ2) is 5.36. The molecular weight excluding hydrogens is 245 g/mol. The first-order valence-corrected chi connectivity index (χ1v) is 5.97. The molecule has 1 atom stereocenters. The molecule has 19 heavy (non-hydrogen) atoms. The van der Waals surface area contributed by atoms with Crippen LogP contribution in [0.1, 0.15) is 28.4 Å². The summed E-state index contributed by atoms with van der Waals surface area (Å²) >= 11 is 0. The lowest BCUT2D eigenvalue weighted by Gasteiger charge is -2.18. The molecule has 1 heterocycles. The molecule has 1 aromatic carbocycles. The molecule has 100 valence electrons. The predicted octanol–water partition coefficient (Wildman–Crippen LogP) is 2.93. The van der Waals surface area contributed by atoms with E-state index in [1.807, 2.05) is 19.9 Å². The lowest BCUT2D eigenvalue weighted by Crippen LogP contribution is -2.05. The Bertz CT molecular complexity index is 599. The molecule has 1 unspecified atom stereocenters. The van der Waals surface area contributed by atoms with Gasteiger partial charge in [-0.2, -0.15) is 0 Å². The standard InChI is InChI=1S/C15H16FNO2/c1-9-4-5-13(15(19-3)10(9)2)14(18)11-6-12(16)8-17-7-11/h4-8,14,18H,1-3H3. The first kappa shape index (κ1) is 13.5. The quantitative estimate of drug-likeness (QED) is 0.923. The largest absolute Gasteiger partial charge is 0.496 e. The minimum Gasteiger partial charge on any atom is -0.496 e. The number of hydrogen-bond donors (Lipinski definition) is 1. The third kappa shape index (κ3) is 2.58. The van der Waals surface area contributed by atoms with E-state index in [4.69, 9.17) is 4.74 Å². The van der Waals surface area contributed by atoms with Crippen molar-refractivity contribution < 1.29 is 14.2 Å². The van der Waals surface area contributed by atoms with Crippen LogP contribution in [-0.2, 0) is 0 Å². The lowest BCUT2D eigenvalue weighted by molar-refractivity contribution is 0.213. The second-order valence-electron chi connectivity index (χ2n) is 4.47. The van der Waals surface area contributed by atoms with E-state index in [9.17, 15) is 9.50 Å². The lowest BCUT2D eigenvalue weighted by atomic mass is 9.97. The zero-order chi connectivity index (χ0) is 14.0. The van der Waals surface area contributed by atoms with Gasteiger partial charge in [0.2, 0.25) is 0 Å². The van der Waals surface area contributed by atoms with Crippen molar-refractivity contribution in [2.45, 2.75) is 20.0 Å². The third-order valence-electron chi connectivity index (χ3n) is 3.25. The van der Waals surface area contributed by atoms with Gasteiger partial charge >= 0.3 is 0 Å². The van der Waals surface area contributed by atoms with Crippen LogP contribution >= 0.6 is 0 Å². The van der Waals surface area contributed by atoms with Gasteiger partial charge in [0, 0.05) is 17.3 Å². The molecule has 0 bridgehead atoms. The summed E-state index contributed by atoms with van der Waals surface area (Å²) in [6.07, 6.45) is 1.59. The minimum atomic E-state index is -0.961. The van der Waals surface area contributed by atoms with Crippen LogP contribution in [-0.4, -0.2) is 17.2 Å². The van der Waals surface area contributed by atoms with Gasteiger partial charge in [0.05, 0.1) is 13.3 Å². The van der Waals surface area contributed by atoms with E-state index in [1.54, 1.807) is 13.2 Å². The van der Waals surface area contributed by atoms with E-state index in [0.29, 0.717) is 16.9 Å². The highest BCUT2D eigenvalue weighted by Crippen LogP contribution is 2.33. The highest BCUT2D eigenvalue weighted by Gasteiger charge is 2.18. The van der Waals surface area contributed by atoms with Crippen LogP contribution in [0.2, 0.25) is 0 Å². The van der Waals surface area contributed by atoms with E-state index < -0.39 is 11.9 Å². The van der Waals surface area contributed by atoms with E-state index in [-0.39, 0.29) is 0 Å². The number of aliphatic hydroxyl groups is 1. The van der Waals surface area contributed by atoms with Gasteiger partial charge in [-0.3, -0.25) is 4.98 Å². The first-order chi connectivity index (χ1) is 9.04. The molecule has 0 aliphatic rings. The van der Waals surface area contributed by atoms with E-state index in [2.05, 4.69) is 4.98 Å².